The summed E-state index contributed by atoms with van der Waals surface area (Å²) in [6, 6.07) is 3.85. The van der Waals surface area contributed by atoms with Crippen molar-refractivity contribution in [2.45, 2.75) is 33.2 Å². The van der Waals surface area contributed by atoms with Crippen molar-refractivity contribution in [3.8, 4) is 0 Å². The first-order valence-electron chi connectivity index (χ1n) is 7.45. The fourth-order valence-electron chi connectivity index (χ4n) is 2.99. The second-order valence-electron chi connectivity index (χ2n) is 6.35. The van der Waals surface area contributed by atoms with E-state index in [9.17, 15) is 8.42 Å². The van der Waals surface area contributed by atoms with Crippen molar-refractivity contribution in [3.05, 3.63) is 24.2 Å². The van der Waals surface area contributed by atoms with Crippen molar-refractivity contribution in [1.29, 1.82) is 0 Å². The van der Waals surface area contributed by atoms with E-state index in [0.29, 0.717) is 24.0 Å². The topological polar surface area (TPSA) is 64.8 Å². The molecule has 0 spiro atoms. The van der Waals surface area contributed by atoms with E-state index < -0.39 is 9.84 Å². The maximum atomic E-state index is 11.7. The zero-order chi connectivity index (χ0) is 15.0. The van der Waals surface area contributed by atoms with Crippen LogP contribution < -0.4 is 0 Å². The first-order valence-corrected chi connectivity index (χ1v) is 9.27. The van der Waals surface area contributed by atoms with Crippen LogP contribution in [0.25, 0.3) is 11.2 Å². The molecule has 6 heteroatoms. The van der Waals surface area contributed by atoms with Crippen molar-refractivity contribution in [1.82, 2.24) is 14.5 Å². The Morgan fingerprint density at radius 1 is 1.43 bits per heavy atom. The maximum absolute atomic E-state index is 11.7. The average Bonchev–Trinajstić information content (AvgIpc) is 2.91. The molecule has 2 aromatic heterocycles. The van der Waals surface area contributed by atoms with Crippen LogP contribution in [0.4, 0.5) is 0 Å². The van der Waals surface area contributed by atoms with Gasteiger partial charge in [0.2, 0.25) is 0 Å². The van der Waals surface area contributed by atoms with Crippen LogP contribution in [0.1, 0.15) is 26.1 Å². The molecule has 1 aliphatic heterocycles. The summed E-state index contributed by atoms with van der Waals surface area (Å²) in [6.45, 7) is 5.03. The normalized spacial score (nSPS) is 21.4. The van der Waals surface area contributed by atoms with Crippen LogP contribution in [-0.2, 0) is 22.8 Å². The Hall–Kier alpha value is -1.43. The van der Waals surface area contributed by atoms with Crippen LogP contribution in [0.15, 0.2) is 18.3 Å². The third-order valence-corrected chi connectivity index (χ3v) is 5.78. The summed E-state index contributed by atoms with van der Waals surface area (Å²) in [6.07, 6.45) is 3.40. The Kier molecular flexibility index (Phi) is 3.73. The molecule has 3 rings (SSSR count). The molecule has 0 aromatic carbocycles. The highest BCUT2D eigenvalue weighted by molar-refractivity contribution is 7.91. The average molecular weight is 307 g/mol. The van der Waals surface area contributed by atoms with Gasteiger partial charge in [0.15, 0.2) is 15.5 Å². The molecule has 0 radical (unpaired) electrons. The predicted octanol–water partition coefficient (Wildman–Crippen LogP) is 2.06. The molecule has 1 saturated heterocycles. The number of imidazole rings is 1. The quantitative estimate of drug-likeness (QED) is 0.867. The minimum atomic E-state index is -2.84. The zero-order valence-corrected chi connectivity index (χ0v) is 13.3. The molecule has 2 aromatic rings. The molecule has 1 atom stereocenters. The Morgan fingerprint density at radius 3 is 2.90 bits per heavy atom. The zero-order valence-electron chi connectivity index (χ0n) is 12.5. The highest BCUT2D eigenvalue weighted by Crippen LogP contribution is 2.24. The van der Waals surface area contributed by atoms with Crippen LogP contribution in [0.3, 0.4) is 0 Å². The van der Waals surface area contributed by atoms with Crippen molar-refractivity contribution in [2.24, 2.45) is 11.8 Å². The highest BCUT2D eigenvalue weighted by Gasteiger charge is 2.29. The highest BCUT2D eigenvalue weighted by atomic mass is 32.2. The molecule has 0 bridgehead atoms. The van der Waals surface area contributed by atoms with Gasteiger partial charge in [0.25, 0.3) is 0 Å². The Bertz CT molecular complexity index is 749. The van der Waals surface area contributed by atoms with Gasteiger partial charge in [-0.05, 0) is 30.4 Å². The lowest BCUT2D eigenvalue weighted by molar-refractivity contribution is 0.473. The van der Waals surface area contributed by atoms with E-state index in [1.54, 1.807) is 6.20 Å². The molecule has 5 nitrogen and oxygen atoms in total. The monoisotopic (exact) mass is 307 g/mol. The summed E-state index contributed by atoms with van der Waals surface area (Å²) in [7, 11) is -2.84. The smallest absolute Gasteiger partial charge is 0.159 e. The number of nitrogens with zero attached hydrogens (tertiary/aromatic N) is 3. The van der Waals surface area contributed by atoms with Crippen LogP contribution in [-0.4, -0.2) is 34.5 Å². The number of hydrogen-bond donors (Lipinski definition) is 0. The summed E-state index contributed by atoms with van der Waals surface area (Å²) in [5.74, 6) is 2.31. The van der Waals surface area contributed by atoms with Crippen LogP contribution in [0.2, 0.25) is 0 Å². The van der Waals surface area contributed by atoms with E-state index in [2.05, 4.69) is 28.4 Å². The number of aromatic nitrogens is 3. The second kappa shape index (κ2) is 5.40. The lowest BCUT2D eigenvalue weighted by Crippen LogP contribution is -2.16. The Morgan fingerprint density at radius 2 is 2.24 bits per heavy atom. The molecule has 0 amide bonds. The Balaban J connectivity index is 1.95. The van der Waals surface area contributed by atoms with Gasteiger partial charge in [-0.2, -0.15) is 0 Å². The van der Waals surface area contributed by atoms with Gasteiger partial charge >= 0.3 is 0 Å². The predicted molar refractivity (Wildman–Crippen MR) is 82.8 cm³/mol. The minimum absolute atomic E-state index is 0.181. The molecular weight excluding hydrogens is 286 g/mol. The number of sulfone groups is 1. The fourth-order valence-corrected chi connectivity index (χ4v) is 4.84. The van der Waals surface area contributed by atoms with Gasteiger partial charge in [-0.1, -0.05) is 13.8 Å². The van der Waals surface area contributed by atoms with E-state index in [4.69, 9.17) is 0 Å². The van der Waals surface area contributed by atoms with E-state index >= 15 is 0 Å². The van der Waals surface area contributed by atoms with E-state index in [0.717, 1.165) is 29.8 Å². The molecule has 0 aliphatic carbocycles. The minimum Gasteiger partial charge on any atom is -0.312 e. The van der Waals surface area contributed by atoms with Gasteiger partial charge in [0, 0.05) is 19.2 Å². The summed E-state index contributed by atoms with van der Waals surface area (Å²) >= 11 is 0. The van der Waals surface area contributed by atoms with E-state index in [1.807, 2.05) is 12.1 Å². The first kappa shape index (κ1) is 14.5. The van der Waals surface area contributed by atoms with Gasteiger partial charge in [-0.3, -0.25) is 0 Å². The van der Waals surface area contributed by atoms with E-state index in [-0.39, 0.29) is 5.92 Å². The molecule has 3 heterocycles. The first-order chi connectivity index (χ1) is 9.94. The van der Waals surface area contributed by atoms with Crippen molar-refractivity contribution in [2.75, 3.05) is 11.5 Å². The molecule has 1 fully saturated rings. The molecule has 1 aliphatic rings. The summed E-state index contributed by atoms with van der Waals surface area (Å²) < 4.78 is 25.4. The van der Waals surface area contributed by atoms with Gasteiger partial charge in [-0.25, -0.2) is 18.4 Å². The van der Waals surface area contributed by atoms with Crippen molar-refractivity contribution < 1.29 is 8.42 Å². The third-order valence-electron chi connectivity index (χ3n) is 3.94. The lowest BCUT2D eigenvalue weighted by Gasteiger charge is -2.13. The molecular formula is C15H21N3O2S. The van der Waals surface area contributed by atoms with Crippen LogP contribution in [0.5, 0.6) is 0 Å². The summed E-state index contributed by atoms with van der Waals surface area (Å²) in [5, 5.41) is 0. The van der Waals surface area contributed by atoms with Gasteiger partial charge < -0.3 is 4.57 Å². The van der Waals surface area contributed by atoms with Crippen LogP contribution in [0, 0.1) is 11.8 Å². The lowest BCUT2D eigenvalue weighted by atomic mass is 10.1. The van der Waals surface area contributed by atoms with Crippen LogP contribution >= 0.6 is 0 Å². The number of pyridine rings is 1. The van der Waals surface area contributed by atoms with Crippen molar-refractivity contribution in [3.63, 3.8) is 0 Å². The summed E-state index contributed by atoms with van der Waals surface area (Å²) in [5.41, 5.74) is 1.77. The molecule has 0 saturated carbocycles. The van der Waals surface area contributed by atoms with Gasteiger partial charge in [0.05, 0.1) is 11.5 Å². The SMILES string of the molecule is CC(C)Cc1nc2cccnc2n1CC1CCS(=O)(=O)C1. The Labute approximate surface area is 125 Å². The van der Waals surface area contributed by atoms with E-state index in [1.165, 1.54) is 0 Å². The number of hydrogen-bond acceptors (Lipinski definition) is 4. The molecule has 1 unspecified atom stereocenters. The molecule has 21 heavy (non-hydrogen) atoms. The number of rotatable bonds is 4. The third kappa shape index (κ3) is 3.10. The van der Waals surface area contributed by atoms with Crippen molar-refractivity contribution >= 4 is 21.0 Å². The maximum Gasteiger partial charge on any atom is 0.159 e. The molecule has 0 N–H and O–H groups in total. The van der Waals surface area contributed by atoms with Gasteiger partial charge in [0.1, 0.15) is 11.3 Å². The largest absolute Gasteiger partial charge is 0.312 e. The number of fused-ring (bicyclic) bond motifs is 1. The summed E-state index contributed by atoms with van der Waals surface area (Å²) in [4.78, 5) is 9.12. The van der Waals surface area contributed by atoms with Gasteiger partial charge in [-0.15, -0.1) is 0 Å². The standard InChI is InChI=1S/C15H21N3O2S/c1-11(2)8-14-17-13-4-3-6-16-15(13)18(14)9-12-5-7-21(19,20)10-12/h3-4,6,11-12H,5,7-10H2,1-2H3. The second-order valence-corrected chi connectivity index (χ2v) is 8.58. The molecule has 114 valence electrons. The fraction of sp³-hybridized carbons (Fsp3) is 0.600.